The molecule has 0 aromatic carbocycles. The Balaban J connectivity index is 3.38. The number of nitrogens with one attached hydrogen (secondary N) is 1. The van der Waals surface area contributed by atoms with E-state index in [1.807, 2.05) is 5.10 Å². The van der Waals surface area contributed by atoms with Gasteiger partial charge in [0.2, 0.25) is 0 Å². The molecule has 1 N–H and O–H groups in total. The van der Waals surface area contributed by atoms with E-state index < -0.39 is 17.4 Å². The smallest absolute Gasteiger partial charge is 0.291 e. The lowest BCUT2D eigenvalue weighted by atomic mass is 10.3. The van der Waals surface area contributed by atoms with E-state index in [-0.39, 0.29) is 5.56 Å². The molecule has 1 heterocycles. The van der Waals surface area contributed by atoms with Gasteiger partial charge >= 0.3 is 6.18 Å². The standard InChI is InChI=1S/C6H7F3N2O/c1-3-4(6(7,8)9)10-11(2)5(3)12/h10H,1-2H3. The van der Waals surface area contributed by atoms with Crippen LogP contribution in [0.4, 0.5) is 13.2 Å². The van der Waals surface area contributed by atoms with Crippen LogP contribution in [0.5, 0.6) is 0 Å². The second-order valence-corrected chi connectivity index (χ2v) is 2.47. The number of H-pyrrole nitrogens is 1. The minimum absolute atomic E-state index is 0.301. The van der Waals surface area contributed by atoms with Gasteiger partial charge in [0, 0.05) is 12.6 Å². The predicted molar refractivity (Wildman–Crippen MR) is 35.8 cm³/mol. The highest BCUT2D eigenvalue weighted by Gasteiger charge is 2.35. The highest BCUT2D eigenvalue weighted by atomic mass is 19.4. The van der Waals surface area contributed by atoms with Gasteiger partial charge in [0.15, 0.2) is 0 Å². The number of nitrogens with zero attached hydrogens (tertiary/aromatic N) is 1. The molecule has 6 heteroatoms. The maximum absolute atomic E-state index is 12.1. The molecule has 0 saturated heterocycles. The second kappa shape index (κ2) is 2.40. The van der Waals surface area contributed by atoms with Crippen molar-refractivity contribution < 1.29 is 13.2 Å². The van der Waals surface area contributed by atoms with Crippen molar-refractivity contribution in [1.82, 2.24) is 9.78 Å². The van der Waals surface area contributed by atoms with Crippen molar-refractivity contribution in [2.75, 3.05) is 0 Å². The summed E-state index contributed by atoms with van der Waals surface area (Å²) in [4.78, 5) is 10.9. The molecule has 0 aliphatic heterocycles. The summed E-state index contributed by atoms with van der Waals surface area (Å²) in [5.74, 6) is 0. The average Bonchev–Trinajstić information content (AvgIpc) is 2.15. The third kappa shape index (κ3) is 1.24. The van der Waals surface area contributed by atoms with Crippen LogP contribution >= 0.6 is 0 Å². The Kier molecular flexibility index (Phi) is 1.78. The number of hydrogen-bond donors (Lipinski definition) is 1. The minimum Gasteiger partial charge on any atom is -0.291 e. The molecule has 0 aliphatic rings. The van der Waals surface area contributed by atoms with E-state index in [9.17, 15) is 18.0 Å². The van der Waals surface area contributed by atoms with Crippen LogP contribution in [-0.2, 0) is 13.2 Å². The Hall–Kier alpha value is -1.20. The van der Waals surface area contributed by atoms with E-state index in [1.165, 1.54) is 7.05 Å². The van der Waals surface area contributed by atoms with Crippen LogP contribution in [-0.4, -0.2) is 9.78 Å². The SMILES string of the molecule is Cc1c(C(F)(F)F)[nH]n(C)c1=O. The van der Waals surface area contributed by atoms with E-state index in [4.69, 9.17) is 0 Å². The molecule has 1 rings (SSSR count). The molecule has 0 saturated carbocycles. The second-order valence-electron chi connectivity index (χ2n) is 2.47. The van der Waals surface area contributed by atoms with Crippen molar-refractivity contribution in [3.8, 4) is 0 Å². The minimum atomic E-state index is -4.48. The van der Waals surface area contributed by atoms with Gasteiger partial charge in [-0.1, -0.05) is 0 Å². The molecule has 12 heavy (non-hydrogen) atoms. The summed E-state index contributed by atoms with van der Waals surface area (Å²) in [5.41, 5.74) is -1.93. The van der Waals surface area contributed by atoms with E-state index >= 15 is 0 Å². The summed E-state index contributed by atoms with van der Waals surface area (Å²) in [6.07, 6.45) is -4.48. The summed E-state index contributed by atoms with van der Waals surface area (Å²) < 4.78 is 37.0. The van der Waals surface area contributed by atoms with Crippen LogP contribution in [0.1, 0.15) is 11.3 Å². The fourth-order valence-electron chi connectivity index (χ4n) is 0.937. The monoisotopic (exact) mass is 180 g/mol. The van der Waals surface area contributed by atoms with Crippen molar-refractivity contribution in [2.45, 2.75) is 13.1 Å². The van der Waals surface area contributed by atoms with E-state index in [0.29, 0.717) is 0 Å². The lowest BCUT2D eigenvalue weighted by Gasteiger charge is -2.02. The van der Waals surface area contributed by atoms with Gasteiger partial charge in [-0.25, -0.2) is 0 Å². The Labute approximate surface area is 65.8 Å². The molecule has 0 fully saturated rings. The lowest BCUT2D eigenvalue weighted by molar-refractivity contribution is -0.141. The summed E-state index contributed by atoms with van der Waals surface area (Å²) >= 11 is 0. The first kappa shape index (κ1) is 8.89. The van der Waals surface area contributed by atoms with Crippen molar-refractivity contribution in [3.05, 3.63) is 21.6 Å². The van der Waals surface area contributed by atoms with Gasteiger partial charge in [0.1, 0.15) is 5.69 Å². The molecule has 0 spiro atoms. The lowest BCUT2D eigenvalue weighted by Crippen LogP contribution is -2.13. The highest BCUT2D eigenvalue weighted by molar-refractivity contribution is 5.17. The molecule has 0 bridgehead atoms. The summed E-state index contributed by atoms with van der Waals surface area (Å²) in [5, 5.41) is 1.93. The maximum Gasteiger partial charge on any atom is 0.433 e. The van der Waals surface area contributed by atoms with Crippen LogP contribution in [0.2, 0.25) is 0 Å². The van der Waals surface area contributed by atoms with Gasteiger partial charge in [-0.2, -0.15) is 13.2 Å². The molecule has 0 radical (unpaired) electrons. The quantitative estimate of drug-likeness (QED) is 0.636. The summed E-state index contributed by atoms with van der Waals surface area (Å²) in [7, 11) is 1.24. The fourth-order valence-corrected chi connectivity index (χ4v) is 0.937. The first-order valence-electron chi connectivity index (χ1n) is 3.17. The van der Waals surface area contributed by atoms with Crippen LogP contribution in [0.3, 0.4) is 0 Å². The molecule has 0 amide bonds. The Morgan fingerprint density at radius 2 is 1.92 bits per heavy atom. The zero-order valence-corrected chi connectivity index (χ0v) is 6.49. The van der Waals surface area contributed by atoms with Crippen LogP contribution < -0.4 is 5.56 Å². The zero-order chi connectivity index (χ0) is 9.52. The molecule has 0 atom stereocenters. The molecule has 0 aliphatic carbocycles. The van der Waals surface area contributed by atoms with Gasteiger partial charge in [-0.05, 0) is 6.92 Å². The number of halogens is 3. The van der Waals surface area contributed by atoms with Gasteiger partial charge in [-0.3, -0.25) is 14.6 Å². The van der Waals surface area contributed by atoms with Gasteiger partial charge < -0.3 is 0 Å². The predicted octanol–water partition coefficient (Wildman–Crippen LogP) is 1.04. The third-order valence-electron chi connectivity index (χ3n) is 1.56. The van der Waals surface area contributed by atoms with Crippen LogP contribution in [0.15, 0.2) is 4.79 Å². The zero-order valence-electron chi connectivity index (χ0n) is 6.49. The van der Waals surface area contributed by atoms with Crippen LogP contribution in [0, 0.1) is 6.92 Å². The average molecular weight is 180 g/mol. The number of aromatic amines is 1. The van der Waals surface area contributed by atoms with Crippen molar-refractivity contribution in [1.29, 1.82) is 0 Å². The number of alkyl halides is 3. The van der Waals surface area contributed by atoms with Crippen molar-refractivity contribution in [2.24, 2.45) is 7.05 Å². The fraction of sp³-hybridized carbons (Fsp3) is 0.500. The molecule has 3 nitrogen and oxygen atoms in total. The normalized spacial score (nSPS) is 12.1. The van der Waals surface area contributed by atoms with Gasteiger partial charge in [0.25, 0.3) is 5.56 Å². The molecule has 1 aromatic heterocycles. The van der Waals surface area contributed by atoms with Crippen molar-refractivity contribution >= 4 is 0 Å². The number of aryl methyl sites for hydroxylation is 1. The van der Waals surface area contributed by atoms with E-state index in [0.717, 1.165) is 11.6 Å². The number of rotatable bonds is 0. The first-order valence-corrected chi connectivity index (χ1v) is 3.17. The molecular weight excluding hydrogens is 173 g/mol. The molecule has 0 unspecified atom stereocenters. The number of aromatic nitrogens is 2. The van der Waals surface area contributed by atoms with Gasteiger partial charge in [0.05, 0.1) is 0 Å². The Morgan fingerprint density at radius 3 is 2.08 bits per heavy atom. The summed E-state index contributed by atoms with van der Waals surface area (Å²) in [6, 6.07) is 0. The van der Waals surface area contributed by atoms with Gasteiger partial charge in [-0.15, -0.1) is 0 Å². The van der Waals surface area contributed by atoms with Crippen molar-refractivity contribution in [3.63, 3.8) is 0 Å². The largest absolute Gasteiger partial charge is 0.433 e. The Bertz CT molecular complexity index is 347. The Morgan fingerprint density at radius 1 is 1.42 bits per heavy atom. The van der Waals surface area contributed by atoms with Crippen LogP contribution in [0.25, 0.3) is 0 Å². The first-order chi connectivity index (χ1) is 5.34. The summed E-state index contributed by atoms with van der Waals surface area (Å²) in [6.45, 7) is 1.14. The topological polar surface area (TPSA) is 37.8 Å². The molecule has 68 valence electrons. The third-order valence-corrected chi connectivity index (χ3v) is 1.56. The number of hydrogen-bond acceptors (Lipinski definition) is 1. The maximum atomic E-state index is 12.1. The van der Waals surface area contributed by atoms with E-state index in [2.05, 4.69) is 0 Å². The molecule has 1 aromatic rings. The molecular formula is C6H7F3N2O. The van der Waals surface area contributed by atoms with E-state index in [1.54, 1.807) is 0 Å². The highest BCUT2D eigenvalue weighted by Crippen LogP contribution is 2.28.